The Hall–Kier alpha value is -1.49. The van der Waals surface area contributed by atoms with Crippen LogP contribution in [0, 0.1) is 5.82 Å². The van der Waals surface area contributed by atoms with Crippen LogP contribution in [-0.4, -0.2) is 17.0 Å². The highest BCUT2D eigenvalue weighted by Crippen LogP contribution is 2.27. The molecule has 2 aromatic rings. The average molecular weight is 282 g/mol. The van der Waals surface area contributed by atoms with Crippen molar-refractivity contribution in [2.75, 3.05) is 12.4 Å². The number of anilines is 1. The van der Waals surface area contributed by atoms with Gasteiger partial charge in [0.05, 0.1) is 4.47 Å². The highest BCUT2D eigenvalue weighted by atomic mass is 79.9. The van der Waals surface area contributed by atoms with Crippen molar-refractivity contribution in [2.24, 2.45) is 0 Å². The van der Waals surface area contributed by atoms with E-state index in [1.807, 2.05) is 0 Å². The molecule has 0 bridgehead atoms. The van der Waals surface area contributed by atoms with Crippen LogP contribution in [0.3, 0.4) is 0 Å². The maximum atomic E-state index is 13.1. The second kappa shape index (κ2) is 4.57. The molecule has 0 saturated carbocycles. The third-order valence-electron chi connectivity index (χ3n) is 2.13. The maximum absolute atomic E-state index is 13.1. The molecule has 0 unspecified atom stereocenters. The molecule has 0 aliphatic heterocycles. The van der Waals surface area contributed by atoms with Crippen LogP contribution in [0.2, 0.25) is 0 Å². The van der Waals surface area contributed by atoms with E-state index >= 15 is 0 Å². The summed E-state index contributed by atoms with van der Waals surface area (Å²) in [4.78, 5) is 8.37. The van der Waals surface area contributed by atoms with Gasteiger partial charge in [-0.1, -0.05) is 0 Å². The van der Waals surface area contributed by atoms with Gasteiger partial charge >= 0.3 is 0 Å². The third kappa shape index (κ3) is 2.04. The number of nitrogens with zero attached hydrogens (tertiary/aromatic N) is 2. The fourth-order valence-electron chi connectivity index (χ4n) is 1.38. The largest absolute Gasteiger partial charge is 0.371 e. The monoisotopic (exact) mass is 281 g/mol. The Bertz CT molecular complexity index is 516. The standard InChI is InChI=1S/C11H9BrFN3/c1-14-11-10(15-4-5-16-11)7-2-3-9(13)8(12)6-7/h2-6H,1H3,(H,14,16). The smallest absolute Gasteiger partial charge is 0.152 e. The lowest BCUT2D eigenvalue weighted by Crippen LogP contribution is -1.97. The van der Waals surface area contributed by atoms with Crippen molar-refractivity contribution in [3.8, 4) is 11.3 Å². The molecule has 0 atom stereocenters. The summed E-state index contributed by atoms with van der Waals surface area (Å²) in [5.41, 5.74) is 1.51. The van der Waals surface area contributed by atoms with Gasteiger partial charge < -0.3 is 5.32 Å². The minimum absolute atomic E-state index is 0.293. The molecule has 0 radical (unpaired) electrons. The SMILES string of the molecule is CNc1nccnc1-c1ccc(F)c(Br)c1. The molecule has 1 aromatic carbocycles. The van der Waals surface area contributed by atoms with Crippen LogP contribution >= 0.6 is 15.9 Å². The number of rotatable bonds is 2. The summed E-state index contributed by atoms with van der Waals surface area (Å²) in [6, 6.07) is 4.75. The summed E-state index contributed by atoms with van der Waals surface area (Å²) < 4.78 is 13.5. The molecule has 0 aliphatic rings. The van der Waals surface area contributed by atoms with Gasteiger partial charge in [0.2, 0.25) is 0 Å². The van der Waals surface area contributed by atoms with Crippen molar-refractivity contribution < 1.29 is 4.39 Å². The number of hydrogen-bond acceptors (Lipinski definition) is 3. The number of hydrogen-bond donors (Lipinski definition) is 1. The predicted molar refractivity (Wildman–Crippen MR) is 64.7 cm³/mol. The molecule has 1 aromatic heterocycles. The predicted octanol–water partition coefficient (Wildman–Crippen LogP) is 3.09. The van der Waals surface area contributed by atoms with Crippen molar-refractivity contribution in [3.05, 3.63) is 40.9 Å². The summed E-state index contributed by atoms with van der Waals surface area (Å²) in [6.07, 6.45) is 3.21. The van der Waals surface area contributed by atoms with E-state index in [1.54, 1.807) is 31.6 Å². The summed E-state index contributed by atoms with van der Waals surface area (Å²) in [5, 5.41) is 2.95. The van der Waals surface area contributed by atoms with Gasteiger partial charge in [-0.25, -0.2) is 9.37 Å². The summed E-state index contributed by atoms with van der Waals surface area (Å²) in [7, 11) is 1.77. The molecule has 5 heteroatoms. The topological polar surface area (TPSA) is 37.8 Å². The van der Waals surface area contributed by atoms with Gasteiger partial charge in [-0.05, 0) is 34.1 Å². The zero-order chi connectivity index (χ0) is 11.5. The van der Waals surface area contributed by atoms with Crippen LogP contribution in [0.4, 0.5) is 10.2 Å². The molecule has 16 heavy (non-hydrogen) atoms. The van der Waals surface area contributed by atoms with Gasteiger partial charge in [-0.2, -0.15) is 0 Å². The van der Waals surface area contributed by atoms with E-state index in [-0.39, 0.29) is 5.82 Å². The van der Waals surface area contributed by atoms with Crippen LogP contribution in [0.5, 0.6) is 0 Å². The van der Waals surface area contributed by atoms with Crippen molar-refractivity contribution in [3.63, 3.8) is 0 Å². The lowest BCUT2D eigenvalue weighted by atomic mass is 10.1. The fraction of sp³-hybridized carbons (Fsp3) is 0.0909. The summed E-state index contributed by atoms with van der Waals surface area (Å²) in [6.45, 7) is 0. The zero-order valence-electron chi connectivity index (χ0n) is 8.54. The first kappa shape index (κ1) is 11.0. The Morgan fingerprint density at radius 1 is 1.25 bits per heavy atom. The molecule has 0 saturated heterocycles. The molecular weight excluding hydrogens is 273 g/mol. The Kier molecular flexibility index (Phi) is 3.14. The molecule has 0 aliphatic carbocycles. The highest BCUT2D eigenvalue weighted by Gasteiger charge is 2.08. The van der Waals surface area contributed by atoms with E-state index < -0.39 is 0 Å². The van der Waals surface area contributed by atoms with Crippen molar-refractivity contribution in [1.82, 2.24) is 9.97 Å². The Labute approximate surface area is 101 Å². The second-order valence-electron chi connectivity index (χ2n) is 3.13. The van der Waals surface area contributed by atoms with Crippen molar-refractivity contribution in [2.45, 2.75) is 0 Å². The van der Waals surface area contributed by atoms with Crippen molar-refractivity contribution in [1.29, 1.82) is 0 Å². The Morgan fingerprint density at radius 2 is 2.00 bits per heavy atom. The molecule has 1 heterocycles. The zero-order valence-corrected chi connectivity index (χ0v) is 10.1. The van der Waals surface area contributed by atoms with Gasteiger partial charge in [0, 0.05) is 25.0 Å². The van der Waals surface area contributed by atoms with E-state index in [0.29, 0.717) is 16.0 Å². The molecule has 3 nitrogen and oxygen atoms in total. The number of benzene rings is 1. The normalized spacial score (nSPS) is 10.2. The van der Waals surface area contributed by atoms with Crippen LogP contribution < -0.4 is 5.32 Å². The van der Waals surface area contributed by atoms with Gasteiger partial charge in [-0.15, -0.1) is 0 Å². The molecular formula is C11H9BrFN3. The molecule has 1 N–H and O–H groups in total. The number of halogens is 2. The summed E-state index contributed by atoms with van der Waals surface area (Å²) in [5.74, 6) is 0.375. The van der Waals surface area contributed by atoms with Crippen LogP contribution in [0.15, 0.2) is 35.1 Å². The van der Waals surface area contributed by atoms with E-state index in [4.69, 9.17) is 0 Å². The molecule has 0 spiro atoms. The highest BCUT2D eigenvalue weighted by molar-refractivity contribution is 9.10. The third-order valence-corrected chi connectivity index (χ3v) is 2.74. The molecule has 0 amide bonds. The Balaban J connectivity index is 2.54. The average Bonchev–Trinajstić information content (AvgIpc) is 2.32. The van der Waals surface area contributed by atoms with Gasteiger partial charge in [0.15, 0.2) is 5.82 Å². The lowest BCUT2D eigenvalue weighted by Gasteiger charge is -2.07. The van der Waals surface area contributed by atoms with Crippen LogP contribution in [-0.2, 0) is 0 Å². The van der Waals surface area contributed by atoms with Crippen LogP contribution in [0.25, 0.3) is 11.3 Å². The maximum Gasteiger partial charge on any atom is 0.152 e. The molecule has 82 valence electrons. The second-order valence-corrected chi connectivity index (χ2v) is 3.99. The van der Waals surface area contributed by atoms with Crippen LogP contribution in [0.1, 0.15) is 0 Å². The first-order valence-corrected chi connectivity index (χ1v) is 5.46. The number of nitrogens with one attached hydrogen (secondary N) is 1. The van der Waals surface area contributed by atoms with E-state index in [0.717, 1.165) is 5.56 Å². The minimum Gasteiger partial charge on any atom is -0.371 e. The van der Waals surface area contributed by atoms with E-state index in [1.165, 1.54) is 6.07 Å². The van der Waals surface area contributed by atoms with Gasteiger partial charge in [-0.3, -0.25) is 4.98 Å². The number of aromatic nitrogens is 2. The van der Waals surface area contributed by atoms with E-state index in [2.05, 4.69) is 31.2 Å². The fourth-order valence-corrected chi connectivity index (χ4v) is 1.75. The van der Waals surface area contributed by atoms with E-state index in [9.17, 15) is 4.39 Å². The summed E-state index contributed by atoms with van der Waals surface area (Å²) >= 11 is 3.15. The van der Waals surface area contributed by atoms with Gasteiger partial charge in [0.1, 0.15) is 11.5 Å². The first-order valence-electron chi connectivity index (χ1n) is 4.66. The Morgan fingerprint density at radius 3 is 2.69 bits per heavy atom. The lowest BCUT2D eigenvalue weighted by molar-refractivity contribution is 0.621. The first-order chi connectivity index (χ1) is 7.72. The van der Waals surface area contributed by atoms with Gasteiger partial charge in [0.25, 0.3) is 0 Å². The minimum atomic E-state index is -0.293. The molecule has 2 rings (SSSR count). The molecule has 0 fully saturated rings. The van der Waals surface area contributed by atoms with Crippen molar-refractivity contribution >= 4 is 21.7 Å². The quantitative estimate of drug-likeness (QED) is 0.919.